The molecule has 3 rings (SSSR count). The third-order valence-electron chi connectivity index (χ3n) is 4.38. The van der Waals surface area contributed by atoms with Crippen molar-refractivity contribution in [2.75, 3.05) is 0 Å². The molecule has 4 heteroatoms. The topological polar surface area (TPSA) is 27.7 Å². The summed E-state index contributed by atoms with van der Waals surface area (Å²) >= 11 is 0. The van der Waals surface area contributed by atoms with Crippen LogP contribution in [0.3, 0.4) is 0 Å². The quantitative estimate of drug-likeness (QED) is 0.218. The summed E-state index contributed by atoms with van der Waals surface area (Å²) in [6, 6.07) is 23.6. The zero-order chi connectivity index (χ0) is 21.9. The molecule has 0 spiro atoms. The second-order valence-electron chi connectivity index (χ2n) is 6.92. The molecule has 0 saturated heterocycles. The van der Waals surface area contributed by atoms with E-state index < -0.39 is 8.60 Å². The van der Waals surface area contributed by atoms with Gasteiger partial charge in [0.15, 0.2) is 0 Å². The van der Waals surface area contributed by atoms with E-state index >= 15 is 0 Å². The van der Waals surface area contributed by atoms with Crippen molar-refractivity contribution >= 4 is 8.60 Å². The second kappa shape index (κ2) is 11.8. The van der Waals surface area contributed by atoms with Crippen LogP contribution in [0, 0.1) is 0 Å². The van der Waals surface area contributed by atoms with Gasteiger partial charge in [-0.2, -0.15) is 0 Å². The summed E-state index contributed by atoms with van der Waals surface area (Å²) in [5.41, 5.74) is 3.34. The molecule has 0 aliphatic heterocycles. The van der Waals surface area contributed by atoms with Crippen molar-refractivity contribution in [2.24, 2.45) is 0 Å². The molecule has 158 valence electrons. The maximum absolute atomic E-state index is 6.15. The number of allylic oxidation sites excluding steroid dienone is 3. The molecule has 0 unspecified atom stereocenters. The van der Waals surface area contributed by atoms with Crippen molar-refractivity contribution in [3.05, 3.63) is 127 Å². The Kier molecular flexibility index (Phi) is 8.51. The van der Waals surface area contributed by atoms with Gasteiger partial charge < -0.3 is 13.6 Å². The van der Waals surface area contributed by atoms with Crippen LogP contribution in [0.15, 0.2) is 111 Å². The molecule has 0 amide bonds. The largest absolute Gasteiger partial charge is 0.530 e. The zero-order valence-corrected chi connectivity index (χ0v) is 18.5. The van der Waals surface area contributed by atoms with E-state index in [4.69, 9.17) is 13.6 Å². The van der Waals surface area contributed by atoms with E-state index in [9.17, 15) is 0 Å². The molecule has 0 heterocycles. The molecule has 0 aliphatic carbocycles. The third kappa shape index (κ3) is 7.16. The summed E-state index contributed by atoms with van der Waals surface area (Å²) in [6.45, 7) is 11.4. The molecule has 0 atom stereocenters. The van der Waals surface area contributed by atoms with Gasteiger partial charge in [0.1, 0.15) is 17.2 Å². The van der Waals surface area contributed by atoms with E-state index in [-0.39, 0.29) is 0 Å². The summed E-state index contributed by atoms with van der Waals surface area (Å²) in [5, 5.41) is 0. The van der Waals surface area contributed by atoms with Crippen molar-refractivity contribution in [3.8, 4) is 17.2 Å². The van der Waals surface area contributed by atoms with Crippen molar-refractivity contribution in [2.45, 2.75) is 19.3 Å². The van der Waals surface area contributed by atoms with Gasteiger partial charge in [0.25, 0.3) is 0 Å². The van der Waals surface area contributed by atoms with E-state index in [1.54, 1.807) is 0 Å². The number of hydrogen-bond donors (Lipinski definition) is 0. The zero-order valence-electron chi connectivity index (χ0n) is 17.6. The minimum atomic E-state index is -1.73. The molecule has 3 nitrogen and oxygen atoms in total. The van der Waals surface area contributed by atoms with Gasteiger partial charge in [-0.05, 0) is 72.4 Å². The van der Waals surface area contributed by atoms with Crippen molar-refractivity contribution in [1.82, 2.24) is 0 Å². The first-order valence-corrected chi connectivity index (χ1v) is 11.2. The minimum absolute atomic E-state index is 0.690. The smallest absolute Gasteiger partial charge is 0.408 e. The number of hydrogen-bond acceptors (Lipinski definition) is 3. The Hall–Kier alpha value is -3.29. The maximum atomic E-state index is 6.15. The van der Waals surface area contributed by atoms with Gasteiger partial charge in [-0.1, -0.05) is 54.6 Å². The standard InChI is InChI=1S/C27H27O3P/c1-4-10-22-13-7-16-25(19-22)28-31(29-26-17-8-14-23(20-26)11-5-2)30-27-18-9-15-24(21-27)12-6-3/h4-9,13-21H,1-3,10-12H2. The van der Waals surface area contributed by atoms with Crippen LogP contribution < -0.4 is 13.6 Å². The van der Waals surface area contributed by atoms with Crippen LogP contribution in [-0.2, 0) is 19.3 Å². The van der Waals surface area contributed by atoms with Gasteiger partial charge in [0.05, 0.1) is 0 Å². The lowest BCUT2D eigenvalue weighted by atomic mass is 10.1. The summed E-state index contributed by atoms with van der Waals surface area (Å²) in [5.74, 6) is 2.07. The summed E-state index contributed by atoms with van der Waals surface area (Å²) in [6.07, 6.45) is 7.90. The lowest BCUT2D eigenvalue weighted by molar-refractivity contribution is 0.388. The molecule has 0 aliphatic rings. The monoisotopic (exact) mass is 430 g/mol. The van der Waals surface area contributed by atoms with E-state index in [1.165, 1.54) is 0 Å². The molecule has 31 heavy (non-hydrogen) atoms. The van der Waals surface area contributed by atoms with Gasteiger partial charge in [0, 0.05) is 0 Å². The lowest BCUT2D eigenvalue weighted by Crippen LogP contribution is -2.03. The normalized spacial score (nSPS) is 10.4. The Morgan fingerprint density at radius 2 is 0.871 bits per heavy atom. The fourth-order valence-electron chi connectivity index (χ4n) is 3.00. The Balaban J connectivity index is 1.84. The Bertz CT molecular complexity index is 896. The van der Waals surface area contributed by atoms with Gasteiger partial charge >= 0.3 is 8.60 Å². The molecule has 0 saturated carbocycles. The molecule has 0 bridgehead atoms. The fraction of sp³-hybridized carbons (Fsp3) is 0.111. The summed E-state index contributed by atoms with van der Waals surface area (Å²) in [4.78, 5) is 0. The van der Waals surface area contributed by atoms with Gasteiger partial charge in [-0.3, -0.25) is 0 Å². The summed E-state index contributed by atoms with van der Waals surface area (Å²) < 4.78 is 18.5. The van der Waals surface area contributed by atoms with Crippen LogP contribution in [0.1, 0.15) is 16.7 Å². The lowest BCUT2D eigenvalue weighted by Gasteiger charge is -2.19. The van der Waals surface area contributed by atoms with Gasteiger partial charge in [0.2, 0.25) is 0 Å². The van der Waals surface area contributed by atoms with Gasteiger partial charge in [-0.25, -0.2) is 0 Å². The number of rotatable bonds is 12. The van der Waals surface area contributed by atoms with Crippen LogP contribution >= 0.6 is 8.60 Å². The van der Waals surface area contributed by atoms with E-state index in [2.05, 4.69) is 19.7 Å². The highest BCUT2D eigenvalue weighted by atomic mass is 31.2. The molecule has 0 fully saturated rings. The molecule has 0 N–H and O–H groups in total. The third-order valence-corrected chi connectivity index (χ3v) is 5.45. The molecular weight excluding hydrogens is 403 g/mol. The Morgan fingerprint density at radius 3 is 1.16 bits per heavy atom. The molecular formula is C27H27O3P. The Morgan fingerprint density at radius 1 is 0.548 bits per heavy atom. The summed E-state index contributed by atoms with van der Waals surface area (Å²) in [7, 11) is -1.73. The van der Waals surface area contributed by atoms with Crippen LogP contribution in [0.4, 0.5) is 0 Å². The van der Waals surface area contributed by atoms with E-state index in [0.29, 0.717) is 17.2 Å². The highest BCUT2D eigenvalue weighted by Crippen LogP contribution is 2.42. The van der Waals surface area contributed by atoms with E-state index in [0.717, 1.165) is 36.0 Å². The average molecular weight is 430 g/mol. The SMILES string of the molecule is C=CCc1cccc(OP(Oc2cccc(CC=C)c2)Oc2cccc(CC=C)c2)c1. The van der Waals surface area contributed by atoms with Crippen molar-refractivity contribution in [1.29, 1.82) is 0 Å². The number of benzene rings is 3. The minimum Gasteiger partial charge on any atom is -0.408 e. The highest BCUT2D eigenvalue weighted by Gasteiger charge is 2.20. The predicted molar refractivity (Wildman–Crippen MR) is 130 cm³/mol. The second-order valence-corrected chi connectivity index (χ2v) is 7.91. The average Bonchev–Trinajstić information content (AvgIpc) is 2.75. The van der Waals surface area contributed by atoms with Crippen molar-refractivity contribution < 1.29 is 13.6 Å². The van der Waals surface area contributed by atoms with Crippen LogP contribution in [-0.4, -0.2) is 0 Å². The van der Waals surface area contributed by atoms with E-state index in [1.807, 2.05) is 91.0 Å². The van der Waals surface area contributed by atoms with Crippen LogP contribution in [0.5, 0.6) is 17.2 Å². The molecule has 0 aromatic heterocycles. The first kappa shape index (κ1) is 22.4. The molecule has 3 aromatic carbocycles. The molecule has 0 radical (unpaired) electrons. The fourth-order valence-corrected chi connectivity index (χ4v) is 3.97. The van der Waals surface area contributed by atoms with Crippen LogP contribution in [0.25, 0.3) is 0 Å². The Labute approximate surface area is 186 Å². The first-order valence-electron chi connectivity index (χ1n) is 10.1. The van der Waals surface area contributed by atoms with Gasteiger partial charge in [-0.15, -0.1) is 19.7 Å². The predicted octanol–water partition coefficient (Wildman–Crippen LogP) is 7.64. The van der Waals surface area contributed by atoms with Crippen molar-refractivity contribution in [3.63, 3.8) is 0 Å². The van der Waals surface area contributed by atoms with Crippen LogP contribution in [0.2, 0.25) is 0 Å². The first-order chi connectivity index (χ1) is 15.2. The molecule has 3 aromatic rings. The maximum Gasteiger partial charge on any atom is 0.530 e. The highest BCUT2D eigenvalue weighted by molar-refractivity contribution is 7.43.